The molecular weight excluding hydrogens is 211 g/mol. The topological polar surface area (TPSA) is 29.5 Å². The van der Waals surface area contributed by atoms with Gasteiger partial charge < -0.3 is 9.63 Å². The minimum atomic E-state index is -2.58. The fourth-order valence-corrected chi connectivity index (χ4v) is 2.08. The number of ether oxygens (including phenoxy) is 1. The van der Waals surface area contributed by atoms with E-state index < -0.39 is 5.47 Å². The zero-order chi connectivity index (χ0) is 9.19. The van der Waals surface area contributed by atoms with Gasteiger partial charge in [0.2, 0.25) is 0 Å². The van der Waals surface area contributed by atoms with Crippen molar-refractivity contribution in [2.45, 2.75) is 0 Å². The molecule has 1 N–H and O–H groups in total. The highest BCUT2D eigenvalue weighted by Crippen LogP contribution is 2.44. The monoisotopic (exact) mass is 220 g/mol. The summed E-state index contributed by atoms with van der Waals surface area (Å²) >= 11 is 8.77. The van der Waals surface area contributed by atoms with E-state index in [1.165, 1.54) is 0 Å². The van der Waals surface area contributed by atoms with Crippen molar-refractivity contribution in [2.24, 2.45) is 0 Å². The molecule has 0 fully saturated rings. The molecule has 12 heavy (non-hydrogen) atoms. The lowest BCUT2D eigenvalue weighted by atomic mass is 10.3. The first-order valence-electron chi connectivity index (χ1n) is 3.24. The van der Waals surface area contributed by atoms with Crippen LogP contribution in [0.5, 0.6) is 5.75 Å². The van der Waals surface area contributed by atoms with Gasteiger partial charge in [0, 0.05) is 5.30 Å². The Hall–Kier alpha value is -0.0200. The van der Waals surface area contributed by atoms with Gasteiger partial charge in [-0.2, -0.15) is 0 Å². The fourth-order valence-electron chi connectivity index (χ4n) is 0.776. The molecule has 66 valence electrons. The quantitative estimate of drug-likeness (QED) is 0.585. The van der Waals surface area contributed by atoms with Crippen LogP contribution in [0.3, 0.4) is 0 Å². The van der Waals surface area contributed by atoms with Crippen LogP contribution >= 0.6 is 17.7 Å². The molecular formula is C7H9O2PS2. The van der Waals surface area contributed by atoms with Crippen LogP contribution in [0.2, 0.25) is 0 Å². The van der Waals surface area contributed by atoms with E-state index in [0.29, 0.717) is 5.30 Å². The molecule has 1 rings (SSSR count). The van der Waals surface area contributed by atoms with Gasteiger partial charge in [0.15, 0.2) is 0 Å². The summed E-state index contributed by atoms with van der Waals surface area (Å²) in [6, 6.07) is 6.96. The normalized spacial score (nSPS) is 15.2. The van der Waals surface area contributed by atoms with E-state index >= 15 is 0 Å². The van der Waals surface area contributed by atoms with Crippen LogP contribution in [0.4, 0.5) is 0 Å². The lowest BCUT2D eigenvalue weighted by Crippen LogP contribution is -1.98. The van der Waals surface area contributed by atoms with Gasteiger partial charge in [-0.25, -0.2) is 0 Å². The standard InChI is InChI=1S/C7H9O2PS2/c1-9-6-2-4-7(5-3-6)10(8,11)12/h2-5H,1H3,(H2,8,11,12). The molecule has 1 aromatic rings. The van der Waals surface area contributed by atoms with Gasteiger partial charge in [0.25, 0.3) is 0 Å². The third kappa shape index (κ3) is 2.49. The maximum absolute atomic E-state index is 9.40. The van der Waals surface area contributed by atoms with Crippen LogP contribution in [0, 0.1) is 0 Å². The van der Waals surface area contributed by atoms with E-state index in [1.807, 2.05) is 0 Å². The highest BCUT2D eigenvalue weighted by Gasteiger charge is 2.08. The lowest BCUT2D eigenvalue weighted by Gasteiger charge is -2.08. The number of hydrogen-bond acceptors (Lipinski definition) is 2. The number of thiol groups is 1. The highest BCUT2D eigenvalue weighted by molar-refractivity contribution is 8.63. The predicted octanol–water partition coefficient (Wildman–Crippen LogP) is 1.55. The van der Waals surface area contributed by atoms with Crippen LogP contribution in [-0.4, -0.2) is 12.0 Å². The molecule has 5 heteroatoms. The summed E-state index contributed by atoms with van der Waals surface area (Å²) in [5, 5.41) is 0.682. The highest BCUT2D eigenvalue weighted by atomic mass is 32.9. The van der Waals surface area contributed by atoms with E-state index in [0.717, 1.165) is 5.75 Å². The van der Waals surface area contributed by atoms with E-state index in [1.54, 1.807) is 31.4 Å². The lowest BCUT2D eigenvalue weighted by molar-refractivity contribution is 0.415. The first-order chi connectivity index (χ1) is 5.54. The molecule has 0 amide bonds. The van der Waals surface area contributed by atoms with Crippen LogP contribution in [0.15, 0.2) is 24.3 Å². The SMILES string of the molecule is COc1ccc(P(O)(=S)S)cc1. The van der Waals surface area contributed by atoms with E-state index in [2.05, 4.69) is 12.2 Å². The molecule has 0 aliphatic rings. The van der Waals surface area contributed by atoms with Crippen molar-refractivity contribution in [1.29, 1.82) is 0 Å². The Balaban J connectivity index is 3.01. The second kappa shape index (κ2) is 3.79. The van der Waals surface area contributed by atoms with Crippen molar-refractivity contribution in [1.82, 2.24) is 0 Å². The molecule has 1 aromatic carbocycles. The van der Waals surface area contributed by atoms with E-state index in [9.17, 15) is 4.89 Å². The molecule has 0 heterocycles. The molecule has 0 aliphatic carbocycles. The molecule has 0 saturated carbocycles. The maximum atomic E-state index is 9.40. The first kappa shape index (κ1) is 10.1. The molecule has 1 unspecified atom stereocenters. The second-order valence-corrected chi connectivity index (χ2v) is 7.98. The van der Waals surface area contributed by atoms with E-state index in [4.69, 9.17) is 16.5 Å². The van der Waals surface area contributed by atoms with Gasteiger partial charge in [-0.1, -0.05) is 11.8 Å². The number of benzene rings is 1. The Morgan fingerprint density at radius 2 is 1.92 bits per heavy atom. The molecule has 0 aliphatic heterocycles. The summed E-state index contributed by atoms with van der Waals surface area (Å²) in [5.74, 6) is 0.746. The Kier molecular flexibility index (Phi) is 3.18. The first-order valence-corrected chi connectivity index (χ1v) is 7.15. The summed E-state index contributed by atoms with van der Waals surface area (Å²) in [6.07, 6.45) is 0. The van der Waals surface area contributed by atoms with Crippen molar-refractivity contribution in [2.75, 3.05) is 7.11 Å². The average molecular weight is 220 g/mol. The Bertz CT molecular complexity index is 304. The minimum Gasteiger partial charge on any atom is -0.497 e. The molecule has 2 nitrogen and oxygen atoms in total. The van der Waals surface area contributed by atoms with Gasteiger partial charge in [0.1, 0.15) is 11.2 Å². The average Bonchev–Trinajstić information content (AvgIpc) is 2.03. The smallest absolute Gasteiger partial charge is 0.143 e. The largest absolute Gasteiger partial charge is 0.497 e. The predicted molar refractivity (Wildman–Crippen MR) is 58.1 cm³/mol. The number of rotatable bonds is 2. The second-order valence-electron chi connectivity index (χ2n) is 2.24. The van der Waals surface area contributed by atoms with Crippen LogP contribution in [0.25, 0.3) is 0 Å². The molecule has 0 saturated heterocycles. The molecule has 0 radical (unpaired) electrons. The summed E-state index contributed by atoms with van der Waals surface area (Å²) in [7, 11) is 1.59. The van der Waals surface area contributed by atoms with Crippen molar-refractivity contribution in [3.63, 3.8) is 0 Å². The van der Waals surface area contributed by atoms with Gasteiger partial charge in [0.05, 0.1) is 7.11 Å². The minimum absolute atomic E-state index is 0.682. The van der Waals surface area contributed by atoms with Crippen molar-refractivity contribution in [3.05, 3.63) is 24.3 Å². The Morgan fingerprint density at radius 3 is 2.25 bits per heavy atom. The third-order valence-electron chi connectivity index (χ3n) is 1.41. The van der Waals surface area contributed by atoms with Crippen LogP contribution < -0.4 is 10.0 Å². The maximum Gasteiger partial charge on any atom is 0.143 e. The van der Waals surface area contributed by atoms with Crippen molar-refractivity contribution >= 4 is 34.8 Å². The van der Waals surface area contributed by atoms with Crippen molar-refractivity contribution < 1.29 is 9.63 Å². The summed E-state index contributed by atoms with van der Waals surface area (Å²) in [4.78, 5) is 9.40. The van der Waals surface area contributed by atoms with Gasteiger partial charge >= 0.3 is 0 Å². The zero-order valence-electron chi connectivity index (χ0n) is 6.47. The van der Waals surface area contributed by atoms with Gasteiger partial charge in [-0.05, 0) is 24.3 Å². The van der Waals surface area contributed by atoms with Crippen molar-refractivity contribution in [3.8, 4) is 5.75 Å². The van der Waals surface area contributed by atoms with Gasteiger partial charge in [-0.3, -0.25) is 0 Å². The molecule has 0 aromatic heterocycles. The summed E-state index contributed by atoms with van der Waals surface area (Å²) in [5.41, 5.74) is -2.58. The summed E-state index contributed by atoms with van der Waals surface area (Å²) in [6.45, 7) is 0. The molecule has 0 spiro atoms. The van der Waals surface area contributed by atoms with Gasteiger partial charge in [-0.15, -0.1) is 12.2 Å². The van der Waals surface area contributed by atoms with Crippen LogP contribution in [-0.2, 0) is 11.8 Å². The zero-order valence-corrected chi connectivity index (χ0v) is 9.07. The molecule has 0 bridgehead atoms. The molecule has 1 atom stereocenters. The Morgan fingerprint density at radius 1 is 1.42 bits per heavy atom. The third-order valence-corrected chi connectivity index (χ3v) is 3.70. The number of methoxy groups -OCH3 is 1. The fraction of sp³-hybridized carbons (Fsp3) is 0.143. The van der Waals surface area contributed by atoms with Crippen LogP contribution in [0.1, 0.15) is 0 Å². The summed E-state index contributed by atoms with van der Waals surface area (Å²) < 4.78 is 4.95. The number of hydrogen-bond donors (Lipinski definition) is 2. The van der Waals surface area contributed by atoms with E-state index in [-0.39, 0.29) is 0 Å². The Labute approximate surface area is 81.8 Å².